The van der Waals surface area contributed by atoms with Gasteiger partial charge in [0.05, 0.1) is 11.4 Å². The third-order valence-electron chi connectivity index (χ3n) is 19.8. The molecule has 95 heavy (non-hydrogen) atoms. The van der Waals surface area contributed by atoms with Gasteiger partial charge in [-0.05, 0) is 108 Å². The van der Waals surface area contributed by atoms with Crippen molar-refractivity contribution < 1.29 is 0 Å². The quantitative estimate of drug-likeness (QED) is 0.126. The zero-order valence-electron chi connectivity index (χ0n) is 51.7. The topological polar surface area (TPSA) is 6.48 Å². The van der Waals surface area contributed by atoms with E-state index in [1.807, 2.05) is 22.7 Å². The van der Waals surface area contributed by atoms with Crippen LogP contribution >= 0.6 is 22.7 Å². The van der Waals surface area contributed by atoms with Crippen LogP contribution in [0, 0.1) is 0 Å². The van der Waals surface area contributed by atoms with Gasteiger partial charge in [0, 0.05) is 96.5 Å². The Balaban J connectivity index is 0.904. The third-order valence-corrected chi connectivity index (χ3v) is 22.2. The van der Waals surface area contributed by atoms with E-state index in [0.29, 0.717) is 0 Å². The zero-order chi connectivity index (χ0) is 62.5. The van der Waals surface area contributed by atoms with Crippen LogP contribution in [-0.2, 0) is 0 Å². The minimum atomic E-state index is -0.115. The highest BCUT2D eigenvalue weighted by Crippen LogP contribution is 2.56. The van der Waals surface area contributed by atoms with E-state index in [1.165, 1.54) is 112 Å². The van der Waals surface area contributed by atoms with Gasteiger partial charge >= 0.3 is 0 Å². The normalized spacial score (nSPS) is 12.4. The third kappa shape index (κ3) is 8.77. The van der Waals surface area contributed by atoms with Crippen molar-refractivity contribution in [1.82, 2.24) is 0 Å². The highest BCUT2D eigenvalue weighted by Gasteiger charge is 2.45. The first-order valence-corrected chi connectivity index (χ1v) is 34.3. The van der Waals surface area contributed by atoms with Crippen molar-refractivity contribution in [2.45, 2.75) is 0 Å². The van der Waals surface area contributed by atoms with E-state index in [2.05, 4.69) is 356 Å². The second kappa shape index (κ2) is 22.6. The van der Waals surface area contributed by atoms with Crippen LogP contribution in [0.1, 0.15) is 0 Å². The number of fused-ring (bicyclic) bond motifs is 10. The Hall–Kier alpha value is -11.6. The Kier molecular flexibility index (Phi) is 13.1. The van der Waals surface area contributed by atoms with Gasteiger partial charge in [0.25, 0.3) is 6.71 Å². The van der Waals surface area contributed by atoms with Gasteiger partial charge in [0.2, 0.25) is 0 Å². The summed E-state index contributed by atoms with van der Waals surface area (Å²) in [4.78, 5) is 5.30. The molecule has 4 heterocycles. The van der Waals surface area contributed by atoms with Crippen LogP contribution in [0.15, 0.2) is 346 Å². The van der Waals surface area contributed by atoms with Crippen LogP contribution in [0.3, 0.4) is 0 Å². The van der Waals surface area contributed by atoms with Gasteiger partial charge in [0.15, 0.2) is 0 Å². The molecule has 0 saturated heterocycles. The number of thiophene rings is 2. The Labute approximate surface area is 560 Å². The van der Waals surface area contributed by atoms with Gasteiger partial charge in [-0.25, -0.2) is 0 Å². The van der Waals surface area contributed by atoms with Crippen molar-refractivity contribution in [3.8, 4) is 89.0 Å². The fraction of sp³-hybridized carbons (Fsp3) is 0. The second-order valence-corrected chi connectivity index (χ2v) is 26.9. The first-order valence-electron chi connectivity index (χ1n) is 32.7. The lowest BCUT2D eigenvalue weighted by Crippen LogP contribution is -2.61. The molecule has 2 aromatic heterocycles. The summed E-state index contributed by atoms with van der Waals surface area (Å²) in [6.07, 6.45) is 0. The molecule has 0 aliphatic carbocycles. The van der Waals surface area contributed by atoms with E-state index in [9.17, 15) is 0 Å². The fourth-order valence-corrected chi connectivity index (χ4v) is 18.2. The Morgan fingerprint density at radius 2 is 0.474 bits per heavy atom. The Morgan fingerprint density at radius 1 is 0.200 bits per heavy atom. The fourth-order valence-electron chi connectivity index (χ4n) is 15.8. The van der Waals surface area contributed by atoms with E-state index in [1.54, 1.807) is 0 Å². The van der Waals surface area contributed by atoms with Crippen molar-refractivity contribution in [2.75, 3.05) is 9.80 Å². The molecule has 0 saturated carbocycles. The number of hydrogen-bond donors (Lipinski definition) is 0. The maximum Gasteiger partial charge on any atom is 0.252 e. The van der Waals surface area contributed by atoms with Gasteiger partial charge in [-0.2, -0.15) is 0 Å². The van der Waals surface area contributed by atoms with E-state index >= 15 is 0 Å². The molecule has 2 aliphatic rings. The predicted molar refractivity (Wildman–Crippen MR) is 410 cm³/mol. The molecule has 0 radical (unpaired) electrons. The first kappa shape index (κ1) is 55.1. The van der Waals surface area contributed by atoms with E-state index < -0.39 is 0 Å². The summed E-state index contributed by atoms with van der Waals surface area (Å²) in [5.41, 5.74) is 29.4. The van der Waals surface area contributed by atoms with Crippen LogP contribution in [0.4, 0.5) is 34.1 Å². The molecule has 2 nitrogen and oxygen atoms in total. The van der Waals surface area contributed by atoms with Crippen molar-refractivity contribution in [2.24, 2.45) is 0 Å². The number of benzene rings is 15. The summed E-state index contributed by atoms with van der Waals surface area (Å²) in [5.74, 6) is 0. The minimum Gasteiger partial charge on any atom is -0.310 e. The number of rotatable bonds is 10. The van der Waals surface area contributed by atoms with E-state index in [4.69, 9.17) is 0 Å². The second-order valence-electron chi connectivity index (χ2n) is 24.8. The average molecular weight is 1240 g/mol. The maximum atomic E-state index is 2.65. The monoisotopic (exact) mass is 1240 g/mol. The molecule has 19 rings (SSSR count). The van der Waals surface area contributed by atoms with Crippen LogP contribution < -0.4 is 26.2 Å². The summed E-state index contributed by atoms with van der Waals surface area (Å²) in [6, 6.07) is 129. The smallest absolute Gasteiger partial charge is 0.252 e. The van der Waals surface area contributed by atoms with Gasteiger partial charge in [-0.1, -0.05) is 309 Å². The van der Waals surface area contributed by atoms with Crippen molar-refractivity contribution in [1.29, 1.82) is 0 Å². The maximum absolute atomic E-state index is 2.65. The zero-order valence-corrected chi connectivity index (χ0v) is 53.3. The number of hydrogen-bond acceptors (Lipinski definition) is 4. The standard InChI is InChI=1S/C90H57BN2S2/c1-3-28-58(29-4-1)60-32-7-9-34-62(60)70-42-23-44-72(64-36-11-13-38-66(64)74-46-25-48-76-68-40-15-21-56-84(68)94-89(74)76)87(70)92-80-52-19-17-50-78(80)91-79-51-18-20-53-81(79)93(83-55-27-54-82(92)86(83)91)88-71(63-35-10-8-33-61(63)59-30-5-2-6-31-59)43-24-45-73(88)65-37-12-14-39-67(65)75-47-26-49-77-69-41-16-22-57-85(69)95-90(75)77/h1-57H. The molecule has 0 fully saturated rings. The van der Waals surface area contributed by atoms with Crippen LogP contribution in [0.2, 0.25) is 0 Å². The molecule has 0 unspecified atom stereocenters. The highest BCUT2D eigenvalue weighted by molar-refractivity contribution is 7.26. The lowest BCUT2D eigenvalue weighted by atomic mass is 9.33. The number of nitrogens with zero attached hydrogens (tertiary/aromatic N) is 2. The molecule has 2 aliphatic heterocycles. The molecule has 17 aromatic rings. The summed E-state index contributed by atoms with van der Waals surface area (Å²) < 4.78 is 5.17. The molecular weight excluding hydrogens is 1180 g/mol. The van der Waals surface area contributed by atoms with E-state index in [-0.39, 0.29) is 6.71 Å². The van der Waals surface area contributed by atoms with Crippen LogP contribution in [-0.4, -0.2) is 6.71 Å². The van der Waals surface area contributed by atoms with Crippen LogP contribution in [0.25, 0.3) is 129 Å². The minimum absolute atomic E-state index is 0.115. The molecule has 0 amide bonds. The molecule has 0 N–H and O–H groups in total. The average Bonchev–Trinajstić information content (AvgIpc) is 1.33. The Morgan fingerprint density at radius 3 is 0.895 bits per heavy atom. The molecule has 442 valence electrons. The molecular formula is C90H57BN2S2. The van der Waals surface area contributed by atoms with Gasteiger partial charge in [0.1, 0.15) is 0 Å². The van der Waals surface area contributed by atoms with Gasteiger partial charge in [-0.3, -0.25) is 0 Å². The SMILES string of the molecule is c1ccc(-c2ccccc2-c2cccc(-c3ccccc3-c3cccc4c3sc3ccccc34)c2N2c3ccccc3B3c4ccccc4N(c4c(-c5ccccc5-c5ccccc5)cccc4-c4ccccc4-c4cccc5c4sc4ccccc45)c4cccc2c43)cc1. The summed E-state index contributed by atoms with van der Waals surface area (Å²) in [7, 11) is 0. The number of anilines is 6. The molecule has 5 heteroatoms. The summed E-state index contributed by atoms with van der Waals surface area (Å²) in [5, 5.41) is 5.15. The molecule has 0 bridgehead atoms. The molecule has 0 atom stereocenters. The summed E-state index contributed by atoms with van der Waals surface area (Å²) >= 11 is 3.78. The lowest BCUT2D eigenvalue weighted by Gasteiger charge is -2.45. The number of para-hydroxylation sites is 4. The van der Waals surface area contributed by atoms with Crippen molar-refractivity contribution in [3.63, 3.8) is 0 Å². The van der Waals surface area contributed by atoms with Crippen LogP contribution in [0.5, 0.6) is 0 Å². The largest absolute Gasteiger partial charge is 0.310 e. The van der Waals surface area contributed by atoms with E-state index in [0.717, 1.165) is 67.5 Å². The molecule has 0 spiro atoms. The summed E-state index contributed by atoms with van der Waals surface area (Å²) in [6.45, 7) is -0.115. The van der Waals surface area contributed by atoms with Gasteiger partial charge in [-0.15, -0.1) is 22.7 Å². The molecule has 15 aromatic carbocycles. The first-order chi connectivity index (χ1) is 47.2. The van der Waals surface area contributed by atoms with Crippen molar-refractivity contribution >= 4 is 120 Å². The lowest BCUT2D eigenvalue weighted by molar-refractivity contribution is 1.25. The predicted octanol–water partition coefficient (Wildman–Crippen LogP) is 23.8. The Bertz CT molecular complexity index is 5550. The highest BCUT2D eigenvalue weighted by atomic mass is 32.1. The van der Waals surface area contributed by atoms with Gasteiger partial charge < -0.3 is 9.80 Å². The van der Waals surface area contributed by atoms with Crippen molar-refractivity contribution in [3.05, 3.63) is 346 Å².